The van der Waals surface area contributed by atoms with Gasteiger partial charge in [0, 0.05) is 27.9 Å². The van der Waals surface area contributed by atoms with Crippen LogP contribution in [-0.4, -0.2) is 124 Å². The lowest BCUT2D eigenvalue weighted by Gasteiger charge is -2.53. The van der Waals surface area contributed by atoms with Crippen molar-refractivity contribution in [1.29, 1.82) is 0 Å². The van der Waals surface area contributed by atoms with E-state index < -0.39 is 110 Å². The Hall–Kier alpha value is -5.47. The van der Waals surface area contributed by atoms with Crippen LogP contribution in [0.4, 0.5) is 4.79 Å². The van der Waals surface area contributed by atoms with Crippen molar-refractivity contribution in [2.45, 2.75) is 114 Å². The fraction of sp³-hybridized carbons (Fsp3) is 0.489. The molecule has 3 fully saturated rings. The lowest BCUT2D eigenvalue weighted by molar-refractivity contribution is -0.379. The van der Waals surface area contributed by atoms with E-state index in [-0.39, 0.29) is 26.4 Å². The van der Waals surface area contributed by atoms with Crippen molar-refractivity contribution >= 4 is 30.0 Å². The number of hydrogen-bond donors (Lipinski definition) is 1. The Balaban J connectivity index is 1.45. The first-order valence-electron chi connectivity index (χ1n) is 20.4. The van der Waals surface area contributed by atoms with Crippen LogP contribution in [0.25, 0.3) is 0 Å². The van der Waals surface area contributed by atoms with E-state index in [9.17, 15) is 24.0 Å². The van der Waals surface area contributed by atoms with E-state index in [2.05, 4.69) is 5.32 Å². The minimum Gasteiger partial charge on any atom is -0.465 e. The fourth-order valence-electron chi connectivity index (χ4n) is 7.72. The second-order valence-corrected chi connectivity index (χ2v) is 15.1. The van der Waals surface area contributed by atoms with Gasteiger partial charge >= 0.3 is 30.0 Å². The van der Waals surface area contributed by atoms with E-state index in [1.165, 1.54) is 7.11 Å². The number of fused-ring (bicyclic) bond motifs is 1. The number of cyclic esters (lactones) is 1. The zero-order chi connectivity index (χ0) is 44.9. The molecule has 0 radical (unpaired) electrons. The van der Waals surface area contributed by atoms with Crippen molar-refractivity contribution in [3.63, 3.8) is 0 Å². The van der Waals surface area contributed by atoms with Gasteiger partial charge in [0.25, 0.3) is 5.79 Å². The van der Waals surface area contributed by atoms with Crippen molar-refractivity contribution in [3.8, 4) is 0 Å². The quantitative estimate of drug-likeness (QED) is 0.135. The fourth-order valence-corrected chi connectivity index (χ4v) is 7.72. The number of amides is 1. The summed E-state index contributed by atoms with van der Waals surface area (Å²) in [5, 5.41) is 2.60. The highest BCUT2D eigenvalue weighted by Gasteiger charge is 2.63. The summed E-state index contributed by atoms with van der Waals surface area (Å²) < 4.78 is 73.1. The zero-order valence-corrected chi connectivity index (χ0v) is 35.6. The number of ether oxygens (including phenoxy) is 12. The van der Waals surface area contributed by atoms with E-state index in [0.29, 0.717) is 0 Å². The summed E-state index contributed by atoms with van der Waals surface area (Å²) in [5.74, 6) is -5.90. The number of alkyl carbamates (subject to hydrolysis) is 1. The molecule has 0 aliphatic carbocycles. The summed E-state index contributed by atoms with van der Waals surface area (Å²) in [7, 11) is 2.53. The lowest BCUT2D eigenvalue weighted by Crippen LogP contribution is -2.74. The average molecular weight is 880 g/mol. The molecule has 3 aliphatic heterocycles. The monoisotopic (exact) mass is 879 g/mol. The molecule has 1 N–H and O–H groups in total. The third-order valence-corrected chi connectivity index (χ3v) is 10.5. The number of carbonyl (C=O) groups excluding carboxylic acids is 5. The normalized spacial score (nSPS) is 28.3. The highest BCUT2D eigenvalue weighted by Crippen LogP contribution is 2.42. The van der Waals surface area contributed by atoms with Gasteiger partial charge in [-0.15, -0.1) is 0 Å². The summed E-state index contributed by atoms with van der Waals surface area (Å²) in [5.41, 5.74) is 2.49. The van der Waals surface area contributed by atoms with E-state index in [0.717, 1.165) is 44.6 Å². The Morgan fingerprint density at radius 1 is 0.762 bits per heavy atom. The van der Waals surface area contributed by atoms with Gasteiger partial charge < -0.3 is 62.2 Å². The molecular formula is C45H53NO17. The zero-order valence-electron chi connectivity index (χ0n) is 35.6. The SMILES string of the molecule is COC(=O)[C@@]1(O[C@@H]2[C@@H](OCc3ccccc3)[C@@H](OC)O[C@H](COCc3ccccc3)[C@H]2OCc2ccccc2)C[C@H](OC(C)=O)[C@H]2NC(=O)O[C@H]([C@@H](COC(C)=O)OC(C)=O)[C@@H]2O1. The smallest absolute Gasteiger partial charge is 0.408 e. The molecule has 0 aromatic heterocycles. The first-order chi connectivity index (χ1) is 30.4. The van der Waals surface area contributed by atoms with Gasteiger partial charge in [0.1, 0.15) is 43.2 Å². The standard InChI is InChI=1S/C45H53NO17/c1-27(47)55-26-35(59-29(3)49)38-39-36(46-44(51)61-38)33(58-28(2)48)21-45(62-39,43(50)53-5)63-40-37(56-23-31-17-11-7-12-18-31)34(25-54-22-30-15-9-6-10-16-30)60-42(52-4)41(40)57-24-32-19-13-8-14-20-32/h6-20,33-42H,21-26H2,1-5H3,(H,46,51)/t33-,34+,35+,36+,37+,38+,39+,40-,41+,42-,45-/m0/s1. The van der Waals surface area contributed by atoms with Crippen molar-refractivity contribution in [2.75, 3.05) is 27.4 Å². The van der Waals surface area contributed by atoms with Crippen LogP contribution in [-0.2, 0) is 95.8 Å². The van der Waals surface area contributed by atoms with E-state index >= 15 is 0 Å². The van der Waals surface area contributed by atoms with Crippen molar-refractivity contribution in [3.05, 3.63) is 108 Å². The van der Waals surface area contributed by atoms with Gasteiger partial charge in [-0.25, -0.2) is 9.59 Å². The average Bonchev–Trinajstić information content (AvgIpc) is 3.27. The van der Waals surface area contributed by atoms with Crippen LogP contribution in [0.15, 0.2) is 91.0 Å². The van der Waals surface area contributed by atoms with Gasteiger partial charge in [-0.05, 0) is 16.7 Å². The topological polar surface area (TPSA) is 208 Å². The molecule has 18 heteroatoms. The molecule has 0 unspecified atom stereocenters. The number of esters is 4. The van der Waals surface area contributed by atoms with Crippen LogP contribution in [0.5, 0.6) is 0 Å². The summed E-state index contributed by atoms with van der Waals surface area (Å²) in [4.78, 5) is 64.7. The molecule has 0 saturated carbocycles. The second-order valence-electron chi connectivity index (χ2n) is 15.1. The van der Waals surface area contributed by atoms with Gasteiger partial charge in [-0.3, -0.25) is 14.4 Å². The highest BCUT2D eigenvalue weighted by atomic mass is 16.8. The van der Waals surface area contributed by atoms with Crippen molar-refractivity contribution < 1.29 is 80.8 Å². The molecule has 3 saturated heterocycles. The molecule has 11 atom stereocenters. The minimum absolute atomic E-state index is 0.0319. The maximum atomic E-state index is 14.5. The summed E-state index contributed by atoms with van der Waals surface area (Å²) >= 11 is 0. The van der Waals surface area contributed by atoms with Crippen LogP contribution in [0.3, 0.4) is 0 Å². The van der Waals surface area contributed by atoms with Crippen LogP contribution >= 0.6 is 0 Å². The number of benzene rings is 3. The molecule has 1 amide bonds. The largest absolute Gasteiger partial charge is 0.465 e. The number of nitrogens with one attached hydrogen (secondary N) is 1. The molecule has 3 heterocycles. The molecule has 3 aromatic rings. The van der Waals surface area contributed by atoms with Gasteiger partial charge in [0.2, 0.25) is 0 Å². The van der Waals surface area contributed by atoms with Crippen molar-refractivity contribution in [1.82, 2.24) is 5.32 Å². The van der Waals surface area contributed by atoms with E-state index in [1.807, 2.05) is 91.0 Å². The summed E-state index contributed by atoms with van der Waals surface area (Å²) in [6, 6.07) is 26.9. The molecule has 63 heavy (non-hydrogen) atoms. The van der Waals surface area contributed by atoms with Crippen LogP contribution in [0.1, 0.15) is 43.9 Å². The second kappa shape index (κ2) is 22.2. The molecule has 0 spiro atoms. The predicted octanol–water partition coefficient (Wildman–Crippen LogP) is 3.69. The van der Waals surface area contributed by atoms with E-state index in [4.69, 9.17) is 56.8 Å². The Morgan fingerprint density at radius 3 is 1.89 bits per heavy atom. The third kappa shape index (κ3) is 12.4. The number of hydrogen-bond acceptors (Lipinski definition) is 17. The predicted molar refractivity (Wildman–Crippen MR) is 216 cm³/mol. The summed E-state index contributed by atoms with van der Waals surface area (Å²) in [6.45, 7) is 3.06. The van der Waals surface area contributed by atoms with Crippen LogP contribution in [0, 0.1) is 0 Å². The maximum absolute atomic E-state index is 14.5. The van der Waals surface area contributed by atoms with Gasteiger partial charge in [-0.1, -0.05) is 91.0 Å². The third-order valence-electron chi connectivity index (χ3n) is 10.5. The molecule has 3 aliphatic rings. The van der Waals surface area contributed by atoms with Crippen molar-refractivity contribution in [2.24, 2.45) is 0 Å². The molecule has 6 rings (SSSR count). The van der Waals surface area contributed by atoms with E-state index in [1.54, 1.807) is 0 Å². The molecule has 18 nitrogen and oxygen atoms in total. The Labute approximate surface area is 364 Å². The Bertz CT molecular complexity index is 1970. The molecule has 3 aromatic carbocycles. The Morgan fingerprint density at radius 2 is 1.35 bits per heavy atom. The molecule has 0 bridgehead atoms. The number of methoxy groups -OCH3 is 2. The van der Waals surface area contributed by atoms with Gasteiger partial charge in [0.15, 0.2) is 18.5 Å². The number of rotatable bonds is 19. The first kappa shape index (κ1) is 47.0. The van der Waals surface area contributed by atoms with Crippen LogP contribution in [0.2, 0.25) is 0 Å². The molecule has 340 valence electrons. The first-order valence-corrected chi connectivity index (χ1v) is 20.4. The maximum Gasteiger partial charge on any atom is 0.408 e. The Kier molecular flexibility index (Phi) is 16.6. The highest BCUT2D eigenvalue weighted by molar-refractivity contribution is 5.79. The molecular weight excluding hydrogens is 826 g/mol. The number of carbonyl (C=O) groups is 5. The van der Waals surface area contributed by atoms with Crippen LogP contribution < -0.4 is 5.32 Å². The minimum atomic E-state index is -2.50. The van der Waals surface area contributed by atoms with Gasteiger partial charge in [0.05, 0.1) is 46.0 Å². The summed E-state index contributed by atoms with van der Waals surface area (Å²) in [6.07, 6.45) is -13.1. The van der Waals surface area contributed by atoms with Gasteiger partial charge in [-0.2, -0.15) is 0 Å². The lowest BCUT2D eigenvalue weighted by atomic mass is 9.87.